The van der Waals surface area contributed by atoms with Gasteiger partial charge in [-0.2, -0.15) is 15.0 Å². The first-order chi connectivity index (χ1) is 11.5. The van der Waals surface area contributed by atoms with Gasteiger partial charge in [-0.05, 0) is 18.6 Å². The van der Waals surface area contributed by atoms with Crippen molar-refractivity contribution in [2.45, 2.75) is 19.3 Å². The molecule has 24 heavy (non-hydrogen) atoms. The summed E-state index contributed by atoms with van der Waals surface area (Å²) >= 11 is 12.8. The number of fused-ring (bicyclic) bond motifs is 3. The standard InChI is InChI=1S/C16H15Cl2N5O/c1-7-12-10(3-4-19-16(7)24)21-15-13(12)8(5-9(17)14(15)18)11-6-20-23(2)22-11/h5-7,21H,3-4H2,1-2H3,(H,19,24). The number of carbonyl (C=O) groups excluding carboxylic acids is 1. The highest BCUT2D eigenvalue weighted by atomic mass is 35.5. The fourth-order valence-electron chi connectivity index (χ4n) is 3.33. The van der Waals surface area contributed by atoms with Gasteiger partial charge in [0.2, 0.25) is 5.91 Å². The van der Waals surface area contributed by atoms with Crippen molar-refractivity contribution in [2.75, 3.05) is 6.54 Å². The molecule has 1 aromatic carbocycles. The first-order valence-electron chi connectivity index (χ1n) is 7.64. The highest BCUT2D eigenvalue weighted by Gasteiger charge is 2.29. The van der Waals surface area contributed by atoms with Gasteiger partial charge < -0.3 is 10.3 Å². The first kappa shape index (κ1) is 15.5. The maximum Gasteiger partial charge on any atom is 0.227 e. The second kappa shape index (κ2) is 5.50. The number of H-pyrrole nitrogens is 1. The number of benzene rings is 1. The number of aromatic nitrogens is 4. The fourth-order valence-corrected chi connectivity index (χ4v) is 3.73. The molecule has 1 amide bonds. The summed E-state index contributed by atoms with van der Waals surface area (Å²) < 4.78 is 0. The number of nitrogens with zero attached hydrogens (tertiary/aromatic N) is 3. The summed E-state index contributed by atoms with van der Waals surface area (Å²) in [5.41, 5.74) is 4.23. The Morgan fingerprint density at radius 2 is 2.17 bits per heavy atom. The van der Waals surface area contributed by atoms with E-state index in [1.165, 1.54) is 4.80 Å². The molecule has 124 valence electrons. The smallest absolute Gasteiger partial charge is 0.227 e. The van der Waals surface area contributed by atoms with Crippen molar-refractivity contribution in [3.05, 3.63) is 33.6 Å². The van der Waals surface area contributed by atoms with Crippen LogP contribution in [0.15, 0.2) is 12.3 Å². The molecule has 0 radical (unpaired) electrons. The molecule has 1 aliphatic rings. The zero-order valence-corrected chi connectivity index (χ0v) is 14.7. The van der Waals surface area contributed by atoms with Crippen LogP contribution < -0.4 is 5.32 Å². The van der Waals surface area contributed by atoms with E-state index >= 15 is 0 Å². The second-order valence-electron chi connectivity index (χ2n) is 5.97. The van der Waals surface area contributed by atoms with Crippen LogP contribution in [0.2, 0.25) is 10.0 Å². The van der Waals surface area contributed by atoms with Crippen LogP contribution in [0, 0.1) is 0 Å². The Morgan fingerprint density at radius 1 is 1.38 bits per heavy atom. The number of carbonyl (C=O) groups is 1. The van der Waals surface area contributed by atoms with Crippen LogP contribution >= 0.6 is 23.2 Å². The molecule has 4 rings (SSSR count). The molecule has 1 unspecified atom stereocenters. The normalized spacial score (nSPS) is 17.7. The molecule has 1 atom stereocenters. The van der Waals surface area contributed by atoms with Crippen LogP contribution in [0.3, 0.4) is 0 Å². The van der Waals surface area contributed by atoms with E-state index in [1.807, 2.05) is 6.92 Å². The summed E-state index contributed by atoms with van der Waals surface area (Å²) in [7, 11) is 1.76. The first-order valence-corrected chi connectivity index (χ1v) is 8.39. The van der Waals surface area contributed by atoms with E-state index in [2.05, 4.69) is 20.5 Å². The Labute approximate surface area is 148 Å². The summed E-state index contributed by atoms with van der Waals surface area (Å²) in [5, 5.41) is 13.3. The number of amides is 1. The van der Waals surface area contributed by atoms with Crippen molar-refractivity contribution in [3.63, 3.8) is 0 Å². The quantitative estimate of drug-likeness (QED) is 0.697. The third-order valence-corrected chi connectivity index (χ3v) is 5.25. The summed E-state index contributed by atoms with van der Waals surface area (Å²) in [6, 6.07) is 1.79. The molecular weight excluding hydrogens is 349 g/mol. The van der Waals surface area contributed by atoms with Crippen molar-refractivity contribution in [2.24, 2.45) is 7.05 Å². The SMILES string of the molecule is CC1C(=O)NCCc2[nH]c3c(Cl)c(Cl)cc(-c4cnn(C)n4)c3c21. The fraction of sp³-hybridized carbons (Fsp3) is 0.312. The Balaban J connectivity index is 2.11. The Morgan fingerprint density at radius 3 is 2.88 bits per heavy atom. The molecule has 8 heteroatoms. The van der Waals surface area contributed by atoms with Gasteiger partial charge in [-0.3, -0.25) is 4.79 Å². The van der Waals surface area contributed by atoms with Crippen LogP contribution in [0.4, 0.5) is 0 Å². The molecular formula is C16H15Cl2N5O. The predicted molar refractivity (Wildman–Crippen MR) is 93.4 cm³/mol. The topological polar surface area (TPSA) is 75.6 Å². The van der Waals surface area contributed by atoms with Gasteiger partial charge >= 0.3 is 0 Å². The van der Waals surface area contributed by atoms with Crippen molar-refractivity contribution >= 4 is 40.0 Å². The number of hydrogen-bond acceptors (Lipinski definition) is 3. The van der Waals surface area contributed by atoms with Crippen LogP contribution in [0.25, 0.3) is 22.2 Å². The summed E-state index contributed by atoms with van der Waals surface area (Å²) in [6.45, 7) is 2.49. The zero-order chi connectivity index (χ0) is 17.0. The van der Waals surface area contributed by atoms with Gasteiger partial charge in [0.1, 0.15) is 5.69 Å². The van der Waals surface area contributed by atoms with E-state index in [-0.39, 0.29) is 11.8 Å². The molecule has 0 saturated heterocycles. The van der Waals surface area contributed by atoms with Crippen molar-refractivity contribution in [3.8, 4) is 11.3 Å². The molecule has 0 fully saturated rings. The van der Waals surface area contributed by atoms with Crippen molar-refractivity contribution in [1.82, 2.24) is 25.3 Å². The van der Waals surface area contributed by atoms with Gasteiger partial charge in [-0.1, -0.05) is 23.2 Å². The summed E-state index contributed by atoms with van der Waals surface area (Å²) in [6.07, 6.45) is 2.40. The Kier molecular flexibility index (Phi) is 3.54. The monoisotopic (exact) mass is 363 g/mol. The van der Waals surface area contributed by atoms with E-state index in [0.29, 0.717) is 28.7 Å². The van der Waals surface area contributed by atoms with E-state index in [1.54, 1.807) is 19.3 Å². The lowest BCUT2D eigenvalue weighted by atomic mass is 9.93. The van der Waals surface area contributed by atoms with Crippen molar-refractivity contribution in [1.29, 1.82) is 0 Å². The van der Waals surface area contributed by atoms with E-state index in [0.717, 1.165) is 27.7 Å². The van der Waals surface area contributed by atoms with E-state index in [4.69, 9.17) is 23.2 Å². The van der Waals surface area contributed by atoms with Crippen LogP contribution in [-0.4, -0.2) is 32.4 Å². The number of nitrogens with one attached hydrogen (secondary N) is 2. The third kappa shape index (κ3) is 2.21. The molecule has 2 N–H and O–H groups in total. The van der Waals surface area contributed by atoms with Crippen molar-refractivity contribution < 1.29 is 4.79 Å². The minimum Gasteiger partial charge on any atom is -0.357 e. The minimum absolute atomic E-state index is 0.00539. The molecule has 6 nitrogen and oxygen atoms in total. The molecule has 0 spiro atoms. The van der Waals surface area contributed by atoms with Gasteiger partial charge in [0.15, 0.2) is 0 Å². The van der Waals surface area contributed by atoms with Gasteiger partial charge in [0.25, 0.3) is 0 Å². The van der Waals surface area contributed by atoms with Crippen LogP contribution in [0.1, 0.15) is 24.1 Å². The maximum atomic E-state index is 12.3. The molecule has 0 bridgehead atoms. The number of rotatable bonds is 1. The molecule has 1 aliphatic heterocycles. The molecule has 2 aromatic heterocycles. The molecule has 0 aliphatic carbocycles. The van der Waals surface area contributed by atoms with Crippen LogP contribution in [-0.2, 0) is 18.3 Å². The summed E-state index contributed by atoms with van der Waals surface area (Å²) in [4.78, 5) is 17.2. The van der Waals surface area contributed by atoms with Gasteiger partial charge in [0.05, 0.1) is 27.7 Å². The predicted octanol–water partition coefficient (Wildman–Crippen LogP) is 3.05. The number of halogens is 2. The largest absolute Gasteiger partial charge is 0.357 e. The Bertz CT molecular complexity index is 975. The van der Waals surface area contributed by atoms with Gasteiger partial charge in [0, 0.05) is 36.7 Å². The maximum absolute atomic E-state index is 12.3. The van der Waals surface area contributed by atoms with E-state index < -0.39 is 0 Å². The number of aryl methyl sites for hydroxylation is 1. The second-order valence-corrected chi connectivity index (χ2v) is 6.75. The van der Waals surface area contributed by atoms with Gasteiger partial charge in [-0.25, -0.2) is 0 Å². The minimum atomic E-state index is -0.288. The molecule has 0 saturated carbocycles. The summed E-state index contributed by atoms with van der Waals surface area (Å²) in [5.74, 6) is -0.283. The zero-order valence-electron chi connectivity index (χ0n) is 13.2. The Hall–Kier alpha value is -2.05. The lowest BCUT2D eigenvalue weighted by Gasteiger charge is -2.11. The lowest BCUT2D eigenvalue weighted by molar-refractivity contribution is -0.121. The van der Waals surface area contributed by atoms with Crippen LogP contribution in [0.5, 0.6) is 0 Å². The highest BCUT2D eigenvalue weighted by molar-refractivity contribution is 6.45. The average molecular weight is 364 g/mol. The number of aromatic amines is 1. The molecule has 3 heterocycles. The average Bonchev–Trinajstić information content (AvgIpc) is 3.11. The van der Waals surface area contributed by atoms with E-state index in [9.17, 15) is 4.79 Å². The molecule has 3 aromatic rings. The third-order valence-electron chi connectivity index (χ3n) is 4.47. The highest BCUT2D eigenvalue weighted by Crippen LogP contribution is 2.43. The lowest BCUT2D eigenvalue weighted by Crippen LogP contribution is -2.26. The van der Waals surface area contributed by atoms with Gasteiger partial charge in [-0.15, -0.1) is 0 Å². The number of hydrogen-bond donors (Lipinski definition) is 2.